The molecule has 0 unspecified atom stereocenters. The van der Waals surface area contributed by atoms with Gasteiger partial charge in [0.1, 0.15) is 0 Å². The van der Waals surface area contributed by atoms with Crippen LogP contribution in [0.3, 0.4) is 0 Å². The van der Waals surface area contributed by atoms with E-state index in [9.17, 15) is 0 Å². The van der Waals surface area contributed by atoms with E-state index in [1.807, 2.05) is 0 Å². The first-order valence-corrected chi connectivity index (χ1v) is 7.39. The zero-order valence-electron chi connectivity index (χ0n) is 12.6. The standard InChI is InChI=1S/C16H14S.C4H6/c1-10-13-5-3-4-6-14(13)11(2)16-9-12(17)7-8-15(10)16;1-3-4-2/h3-9,17H,1-2H3;3-4H,1-2H2. The molecule has 0 nitrogen and oxygen atoms in total. The summed E-state index contributed by atoms with van der Waals surface area (Å²) in [4.78, 5) is 1.02. The number of hydrogen-bond donors (Lipinski definition) is 1. The van der Waals surface area contributed by atoms with Crippen molar-refractivity contribution >= 4 is 34.2 Å². The SMILES string of the molecule is C=CC=C.Cc1c2ccccc2c(C)c2cc(S)ccc12. The van der Waals surface area contributed by atoms with Gasteiger partial charge < -0.3 is 0 Å². The normalized spacial score (nSPS) is 10.0. The van der Waals surface area contributed by atoms with Gasteiger partial charge in [-0.3, -0.25) is 0 Å². The van der Waals surface area contributed by atoms with Crippen LogP contribution >= 0.6 is 12.6 Å². The molecule has 106 valence electrons. The first kappa shape index (κ1) is 15.4. The molecule has 0 saturated heterocycles. The molecular formula is C20H20S. The van der Waals surface area contributed by atoms with Crippen molar-refractivity contribution in [3.63, 3.8) is 0 Å². The molecule has 0 bridgehead atoms. The maximum absolute atomic E-state index is 4.44. The van der Waals surface area contributed by atoms with E-state index < -0.39 is 0 Å². The lowest BCUT2D eigenvalue weighted by Crippen LogP contribution is -1.87. The van der Waals surface area contributed by atoms with E-state index in [1.165, 1.54) is 32.7 Å². The fourth-order valence-electron chi connectivity index (χ4n) is 2.60. The van der Waals surface area contributed by atoms with Crippen LogP contribution in [0.2, 0.25) is 0 Å². The Labute approximate surface area is 132 Å². The fraction of sp³-hybridized carbons (Fsp3) is 0.100. The van der Waals surface area contributed by atoms with Crippen molar-refractivity contribution in [1.29, 1.82) is 0 Å². The molecule has 0 radical (unpaired) electrons. The van der Waals surface area contributed by atoms with Gasteiger partial charge in [-0.2, -0.15) is 0 Å². The predicted octanol–water partition coefficient (Wildman–Crippen LogP) is 6.26. The molecule has 3 aromatic carbocycles. The van der Waals surface area contributed by atoms with Gasteiger partial charge in [-0.25, -0.2) is 0 Å². The van der Waals surface area contributed by atoms with Gasteiger partial charge in [0, 0.05) is 4.90 Å². The van der Waals surface area contributed by atoms with Gasteiger partial charge in [-0.15, -0.1) is 12.6 Å². The van der Waals surface area contributed by atoms with Crippen LogP contribution in [0.1, 0.15) is 11.1 Å². The van der Waals surface area contributed by atoms with E-state index in [1.54, 1.807) is 12.2 Å². The van der Waals surface area contributed by atoms with Crippen LogP contribution in [0.4, 0.5) is 0 Å². The average Bonchev–Trinajstić information content (AvgIpc) is 2.53. The largest absolute Gasteiger partial charge is 0.143 e. The highest BCUT2D eigenvalue weighted by atomic mass is 32.1. The van der Waals surface area contributed by atoms with Gasteiger partial charge >= 0.3 is 0 Å². The third-order valence-corrected chi connectivity index (χ3v) is 3.99. The lowest BCUT2D eigenvalue weighted by atomic mass is 9.93. The summed E-state index contributed by atoms with van der Waals surface area (Å²) in [6.45, 7) is 11.1. The van der Waals surface area contributed by atoms with E-state index in [0.29, 0.717) is 0 Å². The Bertz CT molecular complexity index is 807. The van der Waals surface area contributed by atoms with Crippen LogP contribution in [0.25, 0.3) is 21.5 Å². The third-order valence-electron chi connectivity index (χ3n) is 3.71. The van der Waals surface area contributed by atoms with Crippen molar-refractivity contribution in [2.75, 3.05) is 0 Å². The Kier molecular flexibility index (Phi) is 4.87. The minimum absolute atomic E-state index is 1.02. The second-order valence-electron chi connectivity index (χ2n) is 5.00. The molecular weight excluding hydrogens is 272 g/mol. The van der Waals surface area contributed by atoms with E-state index in [4.69, 9.17) is 0 Å². The maximum Gasteiger partial charge on any atom is 0.00464 e. The van der Waals surface area contributed by atoms with Crippen molar-refractivity contribution in [2.45, 2.75) is 18.7 Å². The van der Waals surface area contributed by atoms with Crippen molar-refractivity contribution in [1.82, 2.24) is 0 Å². The Morgan fingerprint density at radius 1 is 0.762 bits per heavy atom. The summed E-state index contributed by atoms with van der Waals surface area (Å²) in [5, 5.41) is 5.34. The van der Waals surface area contributed by atoms with Crippen molar-refractivity contribution in [2.24, 2.45) is 0 Å². The highest BCUT2D eigenvalue weighted by Gasteiger charge is 2.07. The summed E-state index contributed by atoms with van der Waals surface area (Å²) in [5.41, 5.74) is 2.70. The molecule has 3 aromatic rings. The number of fused-ring (bicyclic) bond motifs is 2. The van der Waals surface area contributed by atoms with Crippen LogP contribution in [0.5, 0.6) is 0 Å². The van der Waals surface area contributed by atoms with Gasteiger partial charge in [0.25, 0.3) is 0 Å². The zero-order chi connectivity index (χ0) is 15.4. The smallest absolute Gasteiger partial charge is 0.00464 e. The first-order valence-electron chi connectivity index (χ1n) is 6.94. The van der Waals surface area contributed by atoms with Crippen molar-refractivity contribution < 1.29 is 0 Å². The summed E-state index contributed by atoms with van der Waals surface area (Å²) in [6.07, 6.45) is 3.28. The number of hydrogen-bond acceptors (Lipinski definition) is 1. The van der Waals surface area contributed by atoms with Crippen LogP contribution in [-0.4, -0.2) is 0 Å². The summed E-state index contributed by atoms with van der Waals surface area (Å²) < 4.78 is 0. The molecule has 0 heterocycles. The highest BCUT2D eigenvalue weighted by Crippen LogP contribution is 2.32. The van der Waals surface area contributed by atoms with Gasteiger partial charge in [0.2, 0.25) is 0 Å². The van der Waals surface area contributed by atoms with Crippen molar-refractivity contribution in [3.8, 4) is 0 Å². The second-order valence-corrected chi connectivity index (χ2v) is 5.51. The number of rotatable bonds is 1. The number of aryl methyl sites for hydroxylation is 2. The summed E-state index contributed by atoms with van der Waals surface area (Å²) in [5.74, 6) is 0. The average molecular weight is 292 g/mol. The minimum atomic E-state index is 1.02. The van der Waals surface area contributed by atoms with Crippen LogP contribution in [0.15, 0.2) is 72.7 Å². The van der Waals surface area contributed by atoms with Crippen molar-refractivity contribution in [3.05, 3.63) is 78.9 Å². The van der Waals surface area contributed by atoms with Gasteiger partial charge in [-0.1, -0.05) is 55.6 Å². The molecule has 3 rings (SSSR count). The molecule has 0 aliphatic carbocycles. The quantitative estimate of drug-likeness (QED) is 0.305. The van der Waals surface area contributed by atoms with Gasteiger partial charge in [0.15, 0.2) is 0 Å². The first-order chi connectivity index (χ1) is 10.1. The fourth-order valence-corrected chi connectivity index (χ4v) is 2.80. The molecule has 1 heteroatoms. The highest BCUT2D eigenvalue weighted by molar-refractivity contribution is 7.80. The minimum Gasteiger partial charge on any atom is -0.143 e. The molecule has 0 aromatic heterocycles. The number of thiol groups is 1. The van der Waals surface area contributed by atoms with E-state index in [-0.39, 0.29) is 0 Å². The van der Waals surface area contributed by atoms with E-state index >= 15 is 0 Å². The summed E-state index contributed by atoms with van der Waals surface area (Å²) >= 11 is 4.44. The Balaban J connectivity index is 0.000000361. The second kappa shape index (κ2) is 6.64. The predicted molar refractivity (Wildman–Crippen MR) is 98.6 cm³/mol. The molecule has 0 saturated carbocycles. The molecule has 0 fully saturated rings. The number of benzene rings is 3. The molecule has 0 spiro atoms. The van der Waals surface area contributed by atoms with Crippen LogP contribution in [-0.2, 0) is 0 Å². The number of allylic oxidation sites excluding steroid dienone is 2. The van der Waals surface area contributed by atoms with Crippen LogP contribution in [0, 0.1) is 13.8 Å². The van der Waals surface area contributed by atoms with E-state index in [0.717, 1.165) is 4.90 Å². The zero-order valence-corrected chi connectivity index (χ0v) is 13.5. The van der Waals surface area contributed by atoms with E-state index in [2.05, 4.69) is 82.1 Å². The van der Waals surface area contributed by atoms with Gasteiger partial charge in [0.05, 0.1) is 0 Å². The molecule has 21 heavy (non-hydrogen) atoms. The van der Waals surface area contributed by atoms with Crippen LogP contribution < -0.4 is 0 Å². The molecule has 0 N–H and O–H groups in total. The summed E-state index contributed by atoms with van der Waals surface area (Å²) in [6, 6.07) is 15.0. The van der Waals surface area contributed by atoms with Gasteiger partial charge in [-0.05, 0) is 58.7 Å². The Morgan fingerprint density at radius 2 is 1.24 bits per heavy atom. The Morgan fingerprint density at radius 3 is 1.76 bits per heavy atom. The molecule has 0 atom stereocenters. The lowest BCUT2D eigenvalue weighted by molar-refractivity contribution is 1.47. The molecule has 0 aliphatic rings. The summed E-state index contributed by atoms with van der Waals surface area (Å²) in [7, 11) is 0. The Hall–Kier alpha value is -1.99. The topological polar surface area (TPSA) is 0 Å². The molecule has 0 amide bonds. The lowest BCUT2D eigenvalue weighted by Gasteiger charge is -2.12. The maximum atomic E-state index is 4.44. The monoisotopic (exact) mass is 292 g/mol. The molecule has 0 aliphatic heterocycles. The third kappa shape index (κ3) is 3.03.